The largest absolute Gasteiger partial charge is 0.479 e. The number of aliphatic hydroxyl groups excluding tert-OH is 1. The second kappa shape index (κ2) is 16.9. The maximum Gasteiger partial charge on any atom is 0.220 e. The van der Waals surface area contributed by atoms with Gasteiger partial charge in [-0.2, -0.15) is 0 Å². The Balaban J connectivity index is 4.06. The average molecular weight is 371 g/mol. The van der Waals surface area contributed by atoms with Crippen molar-refractivity contribution in [1.82, 2.24) is 0 Å². The van der Waals surface area contributed by atoms with Crippen LogP contribution in [0, 0.1) is 5.92 Å². The number of thiocarbonyl (C=S) groups is 1. The van der Waals surface area contributed by atoms with E-state index in [4.69, 9.17) is 35.9 Å². The van der Waals surface area contributed by atoms with Gasteiger partial charge in [0.05, 0.1) is 52.4 Å². The molecule has 1 unspecified atom stereocenters. The molecule has 0 saturated heterocycles. The molecule has 0 heterocycles. The highest BCUT2D eigenvalue weighted by molar-refractivity contribution is 8.22. The predicted molar refractivity (Wildman–Crippen MR) is 96.2 cm³/mol. The van der Waals surface area contributed by atoms with Gasteiger partial charge >= 0.3 is 0 Å². The molecule has 0 saturated carbocycles. The molecular formula is C15H30O6S2. The minimum Gasteiger partial charge on any atom is -0.479 e. The lowest BCUT2D eigenvalue weighted by Crippen LogP contribution is -2.25. The quantitative estimate of drug-likeness (QED) is 0.345. The summed E-state index contributed by atoms with van der Waals surface area (Å²) >= 11 is 6.39. The standard InChI is InChI=1S/C15H30O6S2/c1-4-21-15(22)23-12-14(16)9-13(10-19-7-5-17-2)11-20-8-6-18-3/h13-14,16H,4-12H2,1-3H3. The van der Waals surface area contributed by atoms with Crippen LogP contribution in [0.5, 0.6) is 0 Å². The minimum absolute atomic E-state index is 0.111. The van der Waals surface area contributed by atoms with Crippen LogP contribution < -0.4 is 0 Å². The highest BCUT2D eigenvalue weighted by Crippen LogP contribution is 2.15. The van der Waals surface area contributed by atoms with Gasteiger partial charge in [-0.1, -0.05) is 11.8 Å². The van der Waals surface area contributed by atoms with Gasteiger partial charge in [-0.05, 0) is 25.6 Å². The molecule has 23 heavy (non-hydrogen) atoms. The van der Waals surface area contributed by atoms with Crippen LogP contribution in [0.15, 0.2) is 0 Å². The van der Waals surface area contributed by atoms with Gasteiger partial charge in [0.25, 0.3) is 0 Å². The molecule has 138 valence electrons. The molecule has 8 heteroatoms. The molecule has 0 bridgehead atoms. The van der Waals surface area contributed by atoms with E-state index in [0.717, 1.165) is 0 Å². The van der Waals surface area contributed by atoms with Crippen LogP contribution in [0.4, 0.5) is 0 Å². The molecule has 0 spiro atoms. The summed E-state index contributed by atoms with van der Waals surface area (Å²) < 4.78 is 26.7. The normalized spacial score (nSPS) is 12.6. The lowest BCUT2D eigenvalue weighted by Gasteiger charge is -2.20. The Morgan fingerprint density at radius 3 is 2.09 bits per heavy atom. The molecule has 6 nitrogen and oxygen atoms in total. The van der Waals surface area contributed by atoms with E-state index in [1.807, 2.05) is 6.92 Å². The highest BCUT2D eigenvalue weighted by atomic mass is 32.2. The Kier molecular flexibility index (Phi) is 16.9. The average Bonchev–Trinajstić information content (AvgIpc) is 2.53. The predicted octanol–water partition coefficient (Wildman–Crippen LogP) is 1.73. The van der Waals surface area contributed by atoms with Gasteiger partial charge in [0, 0.05) is 25.9 Å². The number of aliphatic hydroxyl groups is 1. The molecule has 0 aliphatic rings. The monoisotopic (exact) mass is 370 g/mol. The number of rotatable bonds is 15. The third kappa shape index (κ3) is 15.3. The topological polar surface area (TPSA) is 66.4 Å². The van der Waals surface area contributed by atoms with Crippen LogP contribution in [-0.2, 0) is 23.7 Å². The van der Waals surface area contributed by atoms with Crippen molar-refractivity contribution < 1.29 is 28.8 Å². The van der Waals surface area contributed by atoms with Crippen molar-refractivity contribution in [3.05, 3.63) is 0 Å². The zero-order valence-corrected chi connectivity index (χ0v) is 16.0. The first kappa shape index (κ1) is 23.0. The Bertz CT molecular complexity index is 269. The van der Waals surface area contributed by atoms with Crippen molar-refractivity contribution in [2.45, 2.75) is 19.4 Å². The van der Waals surface area contributed by atoms with E-state index in [-0.39, 0.29) is 5.92 Å². The van der Waals surface area contributed by atoms with Crippen LogP contribution >= 0.6 is 24.0 Å². The van der Waals surface area contributed by atoms with Crippen molar-refractivity contribution >= 4 is 28.4 Å². The molecule has 0 radical (unpaired) electrons. The summed E-state index contributed by atoms with van der Waals surface area (Å²) in [6.45, 7) is 5.65. The fourth-order valence-electron chi connectivity index (χ4n) is 1.75. The zero-order chi connectivity index (χ0) is 17.3. The third-order valence-electron chi connectivity index (χ3n) is 2.83. The van der Waals surface area contributed by atoms with Crippen LogP contribution in [0.1, 0.15) is 13.3 Å². The van der Waals surface area contributed by atoms with E-state index in [9.17, 15) is 5.11 Å². The first-order chi connectivity index (χ1) is 11.1. The molecule has 0 aromatic heterocycles. The van der Waals surface area contributed by atoms with Crippen molar-refractivity contribution in [2.24, 2.45) is 5.92 Å². The first-order valence-corrected chi connectivity index (χ1v) is 9.14. The lowest BCUT2D eigenvalue weighted by molar-refractivity contribution is -0.00524. The molecule has 1 atom stereocenters. The Morgan fingerprint density at radius 2 is 1.61 bits per heavy atom. The van der Waals surface area contributed by atoms with Gasteiger partial charge in [0.2, 0.25) is 4.38 Å². The molecule has 0 amide bonds. The Morgan fingerprint density at radius 1 is 1.04 bits per heavy atom. The maximum atomic E-state index is 10.1. The highest BCUT2D eigenvalue weighted by Gasteiger charge is 2.16. The number of methoxy groups -OCH3 is 2. The van der Waals surface area contributed by atoms with Crippen LogP contribution in [0.3, 0.4) is 0 Å². The van der Waals surface area contributed by atoms with Gasteiger partial charge in [-0.25, -0.2) is 0 Å². The van der Waals surface area contributed by atoms with Crippen LogP contribution in [-0.4, -0.2) is 81.8 Å². The Hall–Kier alpha value is 0.0400. The van der Waals surface area contributed by atoms with Gasteiger partial charge in [0.15, 0.2) is 0 Å². The molecule has 0 aromatic carbocycles. The summed E-state index contributed by atoms with van der Waals surface area (Å²) in [6.07, 6.45) is 0.0993. The number of hydrogen-bond donors (Lipinski definition) is 1. The van der Waals surface area contributed by atoms with Crippen LogP contribution in [0.2, 0.25) is 0 Å². The molecule has 0 aromatic rings. The van der Waals surface area contributed by atoms with E-state index in [2.05, 4.69) is 0 Å². The second-order valence-electron chi connectivity index (χ2n) is 4.88. The third-order valence-corrected chi connectivity index (χ3v) is 4.21. The number of thioether (sulfide) groups is 1. The van der Waals surface area contributed by atoms with E-state index in [1.165, 1.54) is 11.8 Å². The molecule has 0 fully saturated rings. The summed E-state index contributed by atoms with van der Waals surface area (Å²) in [5, 5.41) is 10.1. The fraction of sp³-hybridized carbons (Fsp3) is 0.933. The first-order valence-electron chi connectivity index (χ1n) is 7.74. The number of ether oxygens (including phenoxy) is 5. The summed E-state index contributed by atoms with van der Waals surface area (Å²) in [7, 11) is 3.27. The van der Waals surface area contributed by atoms with E-state index < -0.39 is 6.10 Å². The summed E-state index contributed by atoms with van der Waals surface area (Å²) in [6, 6.07) is 0. The maximum absolute atomic E-state index is 10.1. The number of hydrogen-bond acceptors (Lipinski definition) is 8. The molecule has 0 aliphatic heterocycles. The van der Waals surface area contributed by atoms with Gasteiger partial charge < -0.3 is 28.8 Å². The van der Waals surface area contributed by atoms with E-state index >= 15 is 0 Å². The minimum atomic E-state index is -0.486. The SMILES string of the molecule is CCOC(=S)SCC(O)CC(COCCOC)COCCOC. The van der Waals surface area contributed by atoms with Gasteiger partial charge in [-0.15, -0.1) is 0 Å². The smallest absolute Gasteiger partial charge is 0.220 e. The summed E-state index contributed by atoms with van der Waals surface area (Å²) in [4.78, 5) is 0. The van der Waals surface area contributed by atoms with Crippen molar-refractivity contribution in [3.8, 4) is 0 Å². The molecule has 0 rings (SSSR count). The zero-order valence-electron chi connectivity index (χ0n) is 14.3. The summed E-state index contributed by atoms with van der Waals surface area (Å²) in [5.74, 6) is 0.617. The van der Waals surface area contributed by atoms with Crippen molar-refractivity contribution in [1.29, 1.82) is 0 Å². The van der Waals surface area contributed by atoms with E-state index in [0.29, 0.717) is 62.8 Å². The molecular weight excluding hydrogens is 340 g/mol. The lowest BCUT2D eigenvalue weighted by atomic mass is 10.0. The van der Waals surface area contributed by atoms with Gasteiger partial charge in [-0.3, -0.25) is 0 Å². The van der Waals surface area contributed by atoms with E-state index in [1.54, 1.807) is 14.2 Å². The molecule has 1 N–H and O–H groups in total. The summed E-state index contributed by atoms with van der Waals surface area (Å²) in [5.41, 5.74) is 0. The second-order valence-corrected chi connectivity index (χ2v) is 6.51. The van der Waals surface area contributed by atoms with Gasteiger partial charge in [0.1, 0.15) is 0 Å². The molecule has 0 aliphatic carbocycles. The fourth-order valence-corrected chi connectivity index (χ4v) is 2.73. The van der Waals surface area contributed by atoms with Crippen molar-refractivity contribution in [2.75, 3.05) is 66.2 Å². The Labute approximate surface area is 149 Å². The van der Waals surface area contributed by atoms with Crippen LogP contribution in [0.25, 0.3) is 0 Å². The van der Waals surface area contributed by atoms with Crippen molar-refractivity contribution in [3.63, 3.8) is 0 Å².